The van der Waals surface area contributed by atoms with Crippen LogP contribution in [0.3, 0.4) is 0 Å². The second-order valence-electron chi connectivity index (χ2n) is 9.02. The molecule has 1 amide bonds. The Bertz CT molecular complexity index is 1550. The topological polar surface area (TPSA) is 141 Å². The number of hydrogen-bond donors (Lipinski definition) is 3. The Kier molecular flexibility index (Phi) is 7.65. The molecule has 196 valence electrons. The first-order chi connectivity index (χ1) is 18.0. The minimum absolute atomic E-state index is 0.0134. The number of nitrogens with zero attached hydrogens (tertiary/aromatic N) is 4. The highest BCUT2D eigenvalue weighted by molar-refractivity contribution is 6.31. The number of nitro benzene ring substituents is 1. The van der Waals surface area contributed by atoms with E-state index in [0.29, 0.717) is 57.2 Å². The van der Waals surface area contributed by atoms with Gasteiger partial charge in [-0.1, -0.05) is 23.7 Å². The molecule has 0 radical (unpaired) electrons. The van der Waals surface area contributed by atoms with Crippen LogP contribution < -0.4 is 10.6 Å². The number of amides is 1. The van der Waals surface area contributed by atoms with E-state index in [1.54, 1.807) is 53.4 Å². The van der Waals surface area contributed by atoms with E-state index in [2.05, 4.69) is 4.98 Å². The molecule has 38 heavy (non-hydrogen) atoms. The summed E-state index contributed by atoms with van der Waals surface area (Å²) in [4.78, 5) is 34.6. The number of likely N-dealkylation sites (N-methyl/N-ethyl adjacent to an activating group) is 1. The van der Waals surface area contributed by atoms with Crippen LogP contribution in [0.1, 0.15) is 18.1 Å². The number of aromatic hydroxyl groups is 1. The van der Waals surface area contributed by atoms with Crippen molar-refractivity contribution < 1.29 is 14.8 Å². The molecule has 0 aliphatic rings. The summed E-state index contributed by atoms with van der Waals surface area (Å²) in [6, 6.07) is 16.5. The third-order valence-electron chi connectivity index (χ3n) is 6.03. The molecule has 0 aliphatic heterocycles. The number of H-pyrrole nitrogens is 1. The first-order valence-electron chi connectivity index (χ1n) is 11.7. The standard InChI is InChI=1S/C27H27ClN6O4/c1-16(35)33(13-12-32(2)3)20-8-6-19(7-9-20)30-26(17-4-11-22(29)24(14-17)34(37)38)25-21-10-5-18(28)15-23(21)31-27(25)36/h4-11,14-15,31,36H,12-13,29H2,1-3H3. The third kappa shape index (κ3) is 5.61. The molecular formula is C27H27ClN6O4. The Morgan fingerprint density at radius 3 is 2.45 bits per heavy atom. The van der Waals surface area contributed by atoms with Gasteiger partial charge in [0.15, 0.2) is 5.88 Å². The number of carbonyl (C=O) groups is 1. The molecule has 0 saturated carbocycles. The van der Waals surface area contributed by atoms with E-state index in [0.717, 1.165) is 0 Å². The number of anilines is 2. The molecule has 4 aromatic rings. The van der Waals surface area contributed by atoms with Crippen LogP contribution in [-0.4, -0.2) is 58.7 Å². The van der Waals surface area contributed by atoms with Gasteiger partial charge in [-0.3, -0.25) is 14.9 Å². The summed E-state index contributed by atoms with van der Waals surface area (Å²) in [5.74, 6) is -0.246. The van der Waals surface area contributed by atoms with Crippen LogP contribution in [0.25, 0.3) is 10.9 Å². The van der Waals surface area contributed by atoms with Gasteiger partial charge in [0, 0.05) is 47.7 Å². The largest absolute Gasteiger partial charge is 0.494 e. The Balaban J connectivity index is 1.85. The number of carbonyl (C=O) groups excluding carboxylic acids is 1. The van der Waals surface area contributed by atoms with Crippen molar-refractivity contribution >= 4 is 56.9 Å². The molecule has 3 aromatic carbocycles. The van der Waals surface area contributed by atoms with Crippen LogP contribution in [0.4, 0.5) is 22.7 Å². The van der Waals surface area contributed by atoms with Gasteiger partial charge >= 0.3 is 0 Å². The van der Waals surface area contributed by atoms with Gasteiger partial charge in [0.1, 0.15) is 5.69 Å². The van der Waals surface area contributed by atoms with Gasteiger partial charge in [0.05, 0.1) is 27.4 Å². The number of nitrogen functional groups attached to an aromatic ring is 1. The molecule has 0 unspecified atom stereocenters. The number of fused-ring (bicyclic) bond motifs is 1. The van der Waals surface area contributed by atoms with Crippen molar-refractivity contribution in [1.82, 2.24) is 9.88 Å². The molecule has 0 spiro atoms. The second kappa shape index (κ2) is 10.9. The SMILES string of the molecule is CC(=O)N(CCN(C)C)c1ccc(N=C(c2ccc(N)c([N+](=O)[O-])c2)c2c(O)[nH]c3cc(Cl)ccc23)cc1. The first-order valence-corrected chi connectivity index (χ1v) is 12.1. The summed E-state index contributed by atoms with van der Waals surface area (Å²) < 4.78 is 0. The van der Waals surface area contributed by atoms with Crippen molar-refractivity contribution in [3.63, 3.8) is 0 Å². The number of nitrogens with two attached hydrogens (primary N) is 1. The van der Waals surface area contributed by atoms with Crippen LogP contribution in [0.2, 0.25) is 5.02 Å². The lowest BCUT2D eigenvalue weighted by Gasteiger charge is -2.23. The highest BCUT2D eigenvalue weighted by atomic mass is 35.5. The lowest BCUT2D eigenvalue weighted by molar-refractivity contribution is -0.383. The molecule has 11 heteroatoms. The number of hydrogen-bond acceptors (Lipinski definition) is 7. The molecular weight excluding hydrogens is 508 g/mol. The number of aromatic amines is 1. The zero-order chi connectivity index (χ0) is 27.6. The quantitative estimate of drug-likeness (QED) is 0.124. The molecule has 0 fully saturated rings. The third-order valence-corrected chi connectivity index (χ3v) is 6.27. The van der Waals surface area contributed by atoms with Crippen molar-refractivity contribution in [2.45, 2.75) is 6.92 Å². The highest BCUT2D eigenvalue weighted by Gasteiger charge is 2.22. The fourth-order valence-electron chi connectivity index (χ4n) is 4.11. The average Bonchev–Trinajstić information content (AvgIpc) is 3.17. The van der Waals surface area contributed by atoms with Crippen LogP contribution in [0.5, 0.6) is 5.88 Å². The van der Waals surface area contributed by atoms with Crippen LogP contribution in [0.15, 0.2) is 65.7 Å². The summed E-state index contributed by atoms with van der Waals surface area (Å²) in [6.07, 6.45) is 0. The molecule has 1 aromatic heterocycles. The number of nitro groups is 1. The van der Waals surface area contributed by atoms with Gasteiger partial charge in [-0.25, -0.2) is 4.99 Å². The molecule has 0 atom stereocenters. The maximum Gasteiger partial charge on any atom is 0.292 e. The van der Waals surface area contributed by atoms with Gasteiger partial charge in [0.2, 0.25) is 5.91 Å². The van der Waals surface area contributed by atoms with E-state index in [4.69, 9.17) is 22.3 Å². The fraction of sp³-hybridized carbons (Fsp3) is 0.185. The first kappa shape index (κ1) is 26.6. The monoisotopic (exact) mass is 534 g/mol. The van der Waals surface area contributed by atoms with E-state index in [1.165, 1.54) is 19.1 Å². The molecule has 10 nitrogen and oxygen atoms in total. The molecule has 1 heterocycles. The molecule has 4 rings (SSSR count). The Morgan fingerprint density at radius 1 is 1.11 bits per heavy atom. The zero-order valence-electron chi connectivity index (χ0n) is 21.1. The summed E-state index contributed by atoms with van der Waals surface area (Å²) in [7, 11) is 3.88. The lowest BCUT2D eigenvalue weighted by Crippen LogP contribution is -2.35. The van der Waals surface area contributed by atoms with Gasteiger partial charge in [0.25, 0.3) is 5.69 Å². The Morgan fingerprint density at radius 2 is 1.82 bits per heavy atom. The fourth-order valence-corrected chi connectivity index (χ4v) is 4.29. The minimum atomic E-state index is -0.565. The van der Waals surface area contributed by atoms with E-state index < -0.39 is 4.92 Å². The highest BCUT2D eigenvalue weighted by Crippen LogP contribution is 2.34. The van der Waals surface area contributed by atoms with Crippen molar-refractivity contribution in [2.24, 2.45) is 4.99 Å². The number of aliphatic imine (C=N–C) groups is 1. The van der Waals surface area contributed by atoms with E-state index in [9.17, 15) is 20.0 Å². The number of nitrogens with one attached hydrogen (secondary N) is 1. The molecule has 0 saturated heterocycles. The minimum Gasteiger partial charge on any atom is -0.494 e. The number of rotatable bonds is 8. The summed E-state index contributed by atoms with van der Waals surface area (Å²) in [6.45, 7) is 2.74. The lowest BCUT2D eigenvalue weighted by atomic mass is 9.99. The van der Waals surface area contributed by atoms with Crippen LogP contribution >= 0.6 is 11.6 Å². The predicted molar refractivity (Wildman–Crippen MR) is 151 cm³/mol. The van der Waals surface area contributed by atoms with Gasteiger partial charge in [-0.05, 0) is 56.6 Å². The van der Waals surface area contributed by atoms with E-state index in [-0.39, 0.29) is 23.2 Å². The van der Waals surface area contributed by atoms with Crippen molar-refractivity contribution in [3.8, 4) is 5.88 Å². The van der Waals surface area contributed by atoms with Crippen molar-refractivity contribution in [2.75, 3.05) is 37.8 Å². The normalized spacial score (nSPS) is 11.8. The second-order valence-corrected chi connectivity index (χ2v) is 9.46. The predicted octanol–water partition coefficient (Wildman–Crippen LogP) is 5.10. The van der Waals surface area contributed by atoms with Crippen LogP contribution in [-0.2, 0) is 4.79 Å². The van der Waals surface area contributed by atoms with E-state index >= 15 is 0 Å². The van der Waals surface area contributed by atoms with Gasteiger partial charge in [-0.15, -0.1) is 0 Å². The van der Waals surface area contributed by atoms with Crippen molar-refractivity contribution in [1.29, 1.82) is 0 Å². The van der Waals surface area contributed by atoms with E-state index in [1.807, 2.05) is 19.0 Å². The average molecular weight is 535 g/mol. The van der Waals surface area contributed by atoms with Gasteiger partial charge < -0.3 is 25.6 Å². The summed E-state index contributed by atoms with van der Waals surface area (Å²) >= 11 is 6.13. The van der Waals surface area contributed by atoms with Crippen LogP contribution in [0, 0.1) is 10.1 Å². The van der Waals surface area contributed by atoms with Gasteiger partial charge in [-0.2, -0.15) is 0 Å². The van der Waals surface area contributed by atoms with Crippen molar-refractivity contribution in [3.05, 3.63) is 86.9 Å². The number of halogens is 1. The smallest absolute Gasteiger partial charge is 0.292 e. The Hall–Kier alpha value is -4.41. The zero-order valence-corrected chi connectivity index (χ0v) is 21.9. The summed E-state index contributed by atoms with van der Waals surface area (Å²) in [5.41, 5.74) is 8.41. The number of benzene rings is 3. The number of aromatic nitrogens is 1. The Labute approximate surface area is 224 Å². The maximum absolute atomic E-state index is 12.2. The maximum atomic E-state index is 12.2. The molecule has 0 bridgehead atoms. The molecule has 4 N–H and O–H groups in total. The molecule has 0 aliphatic carbocycles. The summed E-state index contributed by atoms with van der Waals surface area (Å²) in [5, 5.41) is 23.6.